The number of carboxylic acids is 1. The molecule has 0 unspecified atom stereocenters. The minimum Gasteiger partial charge on any atom is -0.476 e. The van der Waals surface area contributed by atoms with Gasteiger partial charge in [0.15, 0.2) is 10.7 Å². The van der Waals surface area contributed by atoms with Gasteiger partial charge in [-0.15, -0.1) is 11.3 Å². The van der Waals surface area contributed by atoms with Gasteiger partial charge in [-0.2, -0.15) is 5.10 Å². The lowest BCUT2D eigenvalue weighted by Crippen LogP contribution is -2.22. The number of amides is 1. The lowest BCUT2D eigenvalue weighted by atomic mass is 10.3. The highest BCUT2D eigenvalue weighted by Crippen LogP contribution is 2.09. The molecule has 0 aliphatic carbocycles. The van der Waals surface area contributed by atoms with E-state index in [0.29, 0.717) is 6.54 Å². The zero-order chi connectivity index (χ0) is 12.3. The predicted molar refractivity (Wildman–Crippen MR) is 58.8 cm³/mol. The Kier molecular flexibility index (Phi) is 3.15. The Morgan fingerprint density at radius 1 is 1.53 bits per heavy atom. The van der Waals surface area contributed by atoms with E-state index in [-0.39, 0.29) is 10.7 Å². The van der Waals surface area contributed by atoms with Gasteiger partial charge in [-0.25, -0.2) is 9.78 Å². The first-order chi connectivity index (χ1) is 8.16. The maximum absolute atomic E-state index is 11.6. The molecule has 3 N–H and O–H groups in total. The maximum atomic E-state index is 11.6. The van der Waals surface area contributed by atoms with Crippen molar-refractivity contribution in [2.45, 2.75) is 6.54 Å². The van der Waals surface area contributed by atoms with E-state index in [1.165, 1.54) is 5.38 Å². The Hall–Kier alpha value is -2.22. The highest BCUT2D eigenvalue weighted by molar-refractivity contribution is 7.11. The van der Waals surface area contributed by atoms with Crippen LogP contribution in [-0.4, -0.2) is 32.2 Å². The first-order valence-corrected chi connectivity index (χ1v) is 5.49. The third-order valence-corrected chi connectivity index (χ3v) is 2.77. The zero-order valence-electron chi connectivity index (χ0n) is 8.51. The summed E-state index contributed by atoms with van der Waals surface area (Å²) in [6, 6.07) is 0. The Balaban J connectivity index is 1.97. The van der Waals surface area contributed by atoms with E-state index >= 15 is 0 Å². The van der Waals surface area contributed by atoms with E-state index in [1.54, 1.807) is 12.4 Å². The van der Waals surface area contributed by atoms with Crippen LogP contribution in [0.15, 0.2) is 17.8 Å². The number of aromatic carboxylic acids is 1. The second-order valence-electron chi connectivity index (χ2n) is 3.13. The van der Waals surface area contributed by atoms with Crippen LogP contribution >= 0.6 is 11.3 Å². The molecule has 2 heterocycles. The molecule has 2 aromatic rings. The molecule has 8 heteroatoms. The van der Waals surface area contributed by atoms with Gasteiger partial charge in [0.25, 0.3) is 5.91 Å². The number of nitrogens with one attached hydrogen (secondary N) is 2. The lowest BCUT2D eigenvalue weighted by Gasteiger charge is -1.99. The van der Waals surface area contributed by atoms with Crippen molar-refractivity contribution >= 4 is 23.2 Å². The number of aromatic nitrogens is 3. The SMILES string of the molecule is O=C(O)c1csc(C(=O)NCc2cn[nH]c2)n1. The van der Waals surface area contributed by atoms with Gasteiger partial charge in [0.2, 0.25) is 0 Å². The van der Waals surface area contributed by atoms with Crippen molar-refractivity contribution in [3.63, 3.8) is 0 Å². The first-order valence-electron chi connectivity index (χ1n) is 4.61. The number of carboxylic acid groups (broad SMARTS) is 1. The number of thiazole rings is 1. The van der Waals surface area contributed by atoms with Gasteiger partial charge in [0, 0.05) is 23.7 Å². The summed E-state index contributed by atoms with van der Waals surface area (Å²) in [7, 11) is 0. The quantitative estimate of drug-likeness (QED) is 0.734. The normalized spacial score (nSPS) is 10.1. The Morgan fingerprint density at radius 2 is 2.35 bits per heavy atom. The van der Waals surface area contributed by atoms with Crippen LogP contribution in [0, 0.1) is 0 Å². The smallest absolute Gasteiger partial charge is 0.355 e. The summed E-state index contributed by atoms with van der Waals surface area (Å²) in [6.45, 7) is 0.317. The monoisotopic (exact) mass is 252 g/mol. The van der Waals surface area contributed by atoms with Crippen molar-refractivity contribution in [2.24, 2.45) is 0 Å². The molecule has 0 fully saturated rings. The summed E-state index contributed by atoms with van der Waals surface area (Å²) in [5, 5.41) is 19.1. The van der Waals surface area contributed by atoms with Crippen molar-refractivity contribution in [3.05, 3.63) is 34.0 Å². The third kappa shape index (κ3) is 2.67. The Morgan fingerprint density at radius 3 is 2.94 bits per heavy atom. The third-order valence-electron chi connectivity index (χ3n) is 1.93. The fourth-order valence-electron chi connectivity index (χ4n) is 1.11. The van der Waals surface area contributed by atoms with Crippen molar-refractivity contribution in [1.29, 1.82) is 0 Å². The van der Waals surface area contributed by atoms with E-state index < -0.39 is 11.9 Å². The topological polar surface area (TPSA) is 108 Å². The van der Waals surface area contributed by atoms with Gasteiger partial charge in [-0.1, -0.05) is 0 Å². The second kappa shape index (κ2) is 4.74. The molecule has 2 rings (SSSR count). The predicted octanol–water partition coefficient (Wildman–Crippen LogP) is 0.494. The average molecular weight is 252 g/mol. The molecule has 0 saturated carbocycles. The molecule has 0 saturated heterocycles. The van der Waals surface area contributed by atoms with Gasteiger partial charge >= 0.3 is 5.97 Å². The number of aromatic amines is 1. The number of hydrogen-bond acceptors (Lipinski definition) is 5. The van der Waals surface area contributed by atoms with Gasteiger partial charge in [-0.05, 0) is 0 Å². The van der Waals surface area contributed by atoms with Gasteiger partial charge < -0.3 is 10.4 Å². The van der Waals surface area contributed by atoms with Crippen LogP contribution in [0.3, 0.4) is 0 Å². The van der Waals surface area contributed by atoms with E-state index in [2.05, 4.69) is 20.5 Å². The van der Waals surface area contributed by atoms with Crippen LogP contribution in [0.1, 0.15) is 25.9 Å². The van der Waals surface area contributed by atoms with Crippen molar-refractivity contribution in [1.82, 2.24) is 20.5 Å². The number of carbonyl (C=O) groups excluding carboxylic acids is 1. The molecule has 17 heavy (non-hydrogen) atoms. The number of hydrogen-bond donors (Lipinski definition) is 3. The second-order valence-corrected chi connectivity index (χ2v) is 3.99. The molecule has 1 amide bonds. The van der Waals surface area contributed by atoms with Crippen molar-refractivity contribution in [3.8, 4) is 0 Å². The average Bonchev–Trinajstić information content (AvgIpc) is 2.96. The molecule has 0 aliphatic rings. The van der Waals surface area contributed by atoms with Gasteiger partial charge in [-0.3, -0.25) is 9.89 Å². The van der Waals surface area contributed by atoms with Crippen LogP contribution in [0.25, 0.3) is 0 Å². The molecule has 2 aromatic heterocycles. The van der Waals surface area contributed by atoms with Gasteiger partial charge in [0.1, 0.15) is 0 Å². The summed E-state index contributed by atoms with van der Waals surface area (Å²) in [5.41, 5.74) is 0.705. The fourth-order valence-corrected chi connectivity index (χ4v) is 1.82. The molecule has 0 atom stereocenters. The molecule has 0 radical (unpaired) electrons. The fraction of sp³-hybridized carbons (Fsp3) is 0.111. The molecule has 0 aliphatic heterocycles. The highest BCUT2D eigenvalue weighted by Gasteiger charge is 2.14. The van der Waals surface area contributed by atoms with Crippen molar-refractivity contribution in [2.75, 3.05) is 0 Å². The molecular weight excluding hydrogens is 244 g/mol. The van der Waals surface area contributed by atoms with E-state index in [9.17, 15) is 9.59 Å². The minimum absolute atomic E-state index is 0.122. The lowest BCUT2D eigenvalue weighted by molar-refractivity contribution is 0.0691. The summed E-state index contributed by atoms with van der Waals surface area (Å²) in [5.74, 6) is -1.54. The van der Waals surface area contributed by atoms with Crippen LogP contribution in [0.2, 0.25) is 0 Å². The molecule has 0 aromatic carbocycles. The number of carbonyl (C=O) groups is 2. The molecule has 0 bridgehead atoms. The Labute approximate surface area is 99.5 Å². The summed E-state index contributed by atoms with van der Waals surface area (Å²) >= 11 is 0.996. The Bertz CT molecular complexity index is 534. The van der Waals surface area contributed by atoms with E-state index in [0.717, 1.165) is 16.9 Å². The molecular formula is C9H8N4O3S. The summed E-state index contributed by atoms with van der Waals surface area (Å²) < 4.78 is 0. The van der Waals surface area contributed by atoms with E-state index in [1.807, 2.05) is 0 Å². The summed E-state index contributed by atoms with van der Waals surface area (Å²) in [4.78, 5) is 25.9. The van der Waals surface area contributed by atoms with Crippen LogP contribution < -0.4 is 5.32 Å². The molecule has 88 valence electrons. The largest absolute Gasteiger partial charge is 0.476 e. The zero-order valence-corrected chi connectivity index (χ0v) is 9.32. The first kappa shape index (κ1) is 11.3. The number of H-pyrrole nitrogens is 1. The molecule has 7 nitrogen and oxygen atoms in total. The standard InChI is InChI=1S/C9H8N4O3S/c14-7(10-1-5-2-11-12-3-5)8-13-6(4-17-8)9(15)16/h2-4H,1H2,(H,10,14)(H,11,12)(H,15,16). The number of nitrogens with zero attached hydrogens (tertiary/aromatic N) is 2. The summed E-state index contributed by atoms with van der Waals surface area (Å²) in [6.07, 6.45) is 3.25. The minimum atomic E-state index is -1.14. The van der Waals surface area contributed by atoms with Crippen LogP contribution in [0.5, 0.6) is 0 Å². The van der Waals surface area contributed by atoms with Gasteiger partial charge in [0.05, 0.1) is 6.20 Å². The molecule has 0 spiro atoms. The van der Waals surface area contributed by atoms with Crippen LogP contribution in [-0.2, 0) is 6.54 Å². The number of rotatable bonds is 4. The van der Waals surface area contributed by atoms with E-state index in [4.69, 9.17) is 5.11 Å². The van der Waals surface area contributed by atoms with Crippen molar-refractivity contribution < 1.29 is 14.7 Å². The highest BCUT2D eigenvalue weighted by atomic mass is 32.1. The van der Waals surface area contributed by atoms with Crippen LogP contribution in [0.4, 0.5) is 0 Å². The maximum Gasteiger partial charge on any atom is 0.355 e.